The Bertz CT molecular complexity index is 292. The van der Waals surface area contributed by atoms with Gasteiger partial charge in [0.2, 0.25) is 6.43 Å². The molecule has 2 atom stereocenters. The van der Waals surface area contributed by atoms with Crippen molar-refractivity contribution in [3.05, 3.63) is 0 Å². The molecule has 1 saturated heterocycles. The number of aliphatic hydroxyl groups excluding tert-OH is 1. The van der Waals surface area contributed by atoms with Crippen molar-refractivity contribution >= 4 is 6.09 Å². The number of aliphatic hydroxyl groups is 1. The molecule has 1 rings (SSSR count). The van der Waals surface area contributed by atoms with Gasteiger partial charge in [-0.25, -0.2) is 13.6 Å². The summed E-state index contributed by atoms with van der Waals surface area (Å²) in [5.41, 5.74) is -0.606. The number of rotatable bonds is 2. The Hall–Kier alpha value is -0.910. The molecule has 0 aromatic heterocycles. The smallest absolute Gasteiger partial charge is 0.410 e. The van der Waals surface area contributed by atoms with E-state index in [0.717, 1.165) is 0 Å². The third-order valence-corrected chi connectivity index (χ3v) is 2.83. The van der Waals surface area contributed by atoms with Gasteiger partial charge in [0.05, 0.1) is 6.10 Å². The zero-order chi connectivity index (χ0) is 13.9. The van der Waals surface area contributed by atoms with Crippen LogP contribution in [0.15, 0.2) is 0 Å². The molecule has 0 aliphatic carbocycles. The van der Waals surface area contributed by atoms with Crippen LogP contribution in [-0.2, 0) is 4.74 Å². The molecule has 1 amide bonds. The van der Waals surface area contributed by atoms with Crippen molar-refractivity contribution in [2.75, 3.05) is 13.1 Å². The highest BCUT2D eigenvalue weighted by atomic mass is 19.3. The van der Waals surface area contributed by atoms with E-state index in [2.05, 4.69) is 0 Å². The number of amides is 1. The molecular formula is C12H21F2NO3. The number of halogens is 2. The van der Waals surface area contributed by atoms with Crippen molar-refractivity contribution in [1.82, 2.24) is 4.90 Å². The third kappa shape index (κ3) is 4.76. The summed E-state index contributed by atoms with van der Waals surface area (Å²) in [6.45, 7) is 5.72. The summed E-state index contributed by atoms with van der Waals surface area (Å²) in [5, 5.41) is 9.64. The van der Waals surface area contributed by atoms with E-state index in [9.17, 15) is 18.7 Å². The molecule has 1 fully saturated rings. The molecule has 1 N–H and O–H groups in total. The SMILES string of the molecule is CC(C)(C)OC(=O)N1CCC(O)C(CC(F)F)C1. The maximum atomic E-state index is 12.3. The van der Waals surface area contributed by atoms with E-state index in [1.54, 1.807) is 20.8 Å². The van der Waals surface area contributed by atoms with Gasteiger partial charge in [-0.05, 0) is 27.2 Å². The fourth-order valence-corrected chi connectivity index (χ4v) is 1.97. The minimum absolute atomic E-state index is 0.125. The summed E-state index contributed by atoms with van der Waals surface area (Å²) < 4.78 is 29.9. The van der Waals surface area contributed by atoms with Gasteiger partial charge in [-0.2, -0.15) is 0 Å². The molecule has 0 aromatic carbocycles. The summed E-state index contributed by atoms with van der Waals surface area (Å²) in [7, 11) is 0. The number of likely N-dealkylation sites (tertiary alicyclic amines) is 1. The maximum Gasteiger partial charge on any atom is 0.410 e. The highest BCUT2D eigenvalue weighted by Crippen LogP contribution is 2.24. The summed E-state index contributed by atoms with van der Waals surface area (Å²) >= 11 is 0. The van der Waals surface area contributed by atoms with Gasteiger partial charge in [0.15, 0.2) is 0 Å². The number of ether oxygens (including phenoxy) is 1. The maximum absolute atomic E-state index is 12.3. The summed E-state index contributed by atoms with van der Waals surface area (Å²) in [6.07, 6.45) is -3.81. The second-order valence-corrected chi connectivity index (χ2v) is 5.67. The average molecular weight is 265 g/mol. The number of hydrogen-bond acceptors (Lipinski definition) is 3. The van der Waals surface area contributed by atoms with E-state index in [1.165, 1.54) is 4.90 Å². The first kappa shape index (κ1) is 15.1. The van der Waals surface area contributed by atoms with Crippen molar-refractivity contribution in [1.29, 1.82) is 0 Å². The molecular weight excluding hydrogens is 244 g/mol. The molecule has 1 aliphatic rings. The van der Waals surface area contributed by atoms with Gasteiger partial charge in [0, 0.05) is 25.4 Å². The van der Waals surface area contributed by atoms with Crippen LogP contribution in [0.5, 0.6) is 0 Å². The summed E-state index contributed by atoms with van der Waals surface area (Å²) in [5.74, 6) is -0.578. The molecule has 0 radical (unpaired) electrons. The quantitative estimate of drug-likeness (QED) is 0.833. The van der Waals surface area contributed by atoms with E-state index in [1.807, 2.05) is 0 Å². The Kier molecular flexibility index (Phi) is 4.90. The van der Waals surface area contributed by atoms with Crippen LogP contribution < -0.4 is 0 Å². The van der Waals surface area contributed by atoms with Crippen molar-refractivity contribution in [2.45, 2.75) is 51.7 Å². The Balaban J connectivity index is 2.56. The number of carbonyl (C=O) groups is 1. The number of alkyl halides is 2. The van der Waals surface area contributed by atoms with E-state index in [0.29, 0.717) is 13.0 Å². The van der Waals surface area contributed by atoms with Gasteiger partial charge in [-0.15, -0.1) is 0 Å². The van der Waals surface area contributed by atoms with Crippen molar-refractivity contribution in [3.63, 3.8) is 0 Å². The second kappa shape index (κ2) is 5.82. The first-order chi connectivity index (χ1) is 8.19. The highest BCUT2D eigenvalue weighted by Gasteiger charge is 2.33. The van der Waals surface area contributed by atoms with Gasteiger partial charge < -0.3 is 14.7 Å². The fraction of sp³-hybridized carbons (Fsp3) is 0.917. The van der Waals surface area contributed by atoms with Gasteiger partial charge >= 0.3 is 6.09 Å². The lowest BCUT2D eigenvalue weighted by molar-refractivity contribution is -0.0237. The number of piperidine rings is 1. The minimum Gasteiger partial charge on any atom is -0.444 e. The predicted molar refractivity (Wildman–Crippen MR) is 62.5 cm³/mol. The van der Waals surface area contributed by atoms with Crippen LogP contribution in [-0.4, -0.2) is 47.3 Å². The lowest BCUT2D eigenvalue weighted by Crippen LogP contribution is -2.48. The van der Waals surface area contributed by atoms with Crippen LogP contribution in [0.4, 0.5) is 13.6 Å². The standard InChI is InChI=1S/C12H21F2NO3/c1-12(2,3)18-11(17)15-5-4-9(16)8(7-15)6-10(13)14/h8-10,16H,4-7H2,1-3H3. The van der Waals surface area contributed by atoms with Gasteiger partial charge in [0.1, 0.15) is 5.60 Å². The molecule has 4 nitrogen and oxygen atoms in total. The second-order valence-electron chi connectivity index (χ2n) is 5.67. The largest absolute Gasteiger partial charge is 0.444 e. The van der Waals surface area contributed by atoms with Crippen molar-refractivity contribution in [2.24, 2.45) is 5.92 Å². The lowest BCUT2D eigenvalue weighted by Gasteiger charge is -2.36. The van der Waals surface area contributed by atoms with Gasteiger partial charge in [0.25, 0.3) is 0 Å². The summed E-state index contributed by atoms with van der Waals surface area (Å²) in [6, 6.07) is 0. The van der Waals surface area contributed by atoms with E-state index in [4.69, 9.17) is 4.74 Å². The first-order valence-corrected chi connectivity index (χ1v) is 6.13. The van der Waals surface area contributed by atoms with E-state index >= 15 is 0 Å². The molecule has 6 heteroatoms. The van der Waals surface area contributed by atoms with Crippen LogP contribution in [0.2, 0.25) is 0 Å². The van der Waals surface area contributed by atoms with Gasteiger partial charge in [-0.3, -0.25) is 0 Å². The summed E-state index contributed by atoms with van der Waals surface area (Å²) in [4.78, 5) is 13.2. The van der Waals surface area contributed by atoms with Crippen molar-refractivity contribution in [3.8, 4) is 0 Å². The average Bonchev–Trinajstić information content (AvgIpc) is 2.17. The third-order valence-electron chi connectivity index (χ3n) is 2.83. The molecule has 1 aliphatic heterocycles. The zero-order valence-corrected chi connectivity index (χ0v) is 11.0. The number of carbonyl (C=O) groups excluding carboxylic acids is 1. The van der Waals surface area contributed by atoms with E-state index in [-0.39, 0.29) is 13.0 Å². The van der Waals surface area contributed by atoms with Crippen molar-refractivity contribution < 1.29 is 23.4 Å². The van der Waals surface area contributed by atoms with Crippen LogP contribution in [0, 0.1) is 5.92 Å². The molecule has 0 spiro atoms. The fourth-order valence-electron chi connectivity index (χ4n) is 1.97. The minimum atomic E-state index is -2.47. The molecule has 2 unspecified atom stereocenters. The van der Waals surface area contributed by atoms with Crippen LogP contribution in [0.1, 0.15) is 33.6 Å². The predicted octanol–water partition coefficient (Wildman–Crippen LogP) is 2.26. The molecule has 1 heterocycles. The van der Waals surface area contributed by atoms with Gasteiger partial charge in [-0.1, -0.05) is 0 Å². The topological polar surface area (TPSA) is 49.8 Å². The first-order valence-electron chi connectivity index (χ1n) is 6.13. The molecule has 18 heavy (non-hydrogen) atoms. The molecule has 0 saturated carbocycles. The molecule has 0 bridgehead atoms. The normalized spacial score (nSPS) is 25.4. The lowest BCUT2D eigenvalue weighted by atomic mass is 9.92. The Morgan fingerprint density at radius 1 is 1.50 bits per heavy atom. The Morgan fingerprint density at radius 3 is 2.61 bits per heavy atom. The van der Waals surface area contributed by atoms with Crippen LogP contribution in [0.3, 0.4) is 0 Å². The monoisotopic (exact) mass is 265 g/mol. The Labute approximate surface area is 106 Å². The Morgan fingerprint density at radius 2 is 2.11 bits per heavy atom. The number of nitrogens with zero attached hydrogens (tertiary/aromatic N) is 1. The van der Waals surface area contributed by atoms with E-state index < -0.39 is 30.1 Å². The molecule has 0 aromatic rings. The molecule has 106 valence electrons. The number of hydrogen-bond donors (Lipinski definition) is 1. The van der Waals surface area contributed by atoms with Crippen LogP contribution in [0.25, 0.3) is 0 Å². The van der Waals surface area contributed by atoms with Crippen LogP contribution >= 0.6 is 0 Å². The highest BCUT2D eigenvalue weighted by molar-refractivity contribution is 5.68. The zero-order valence-electron chi connectivity index (χ0n) is 11.0.